The maximum Gasteiger partial charge on any atom is 0.315 e. The summed E-state index contributed by atoms with van der Waals surface area (Å²) in [5.41, 5.74) is 2.84. The van der Waals surface area contributed by atoms with Crippen molar-refractivity contribution in [2.75, 3.05) is 5.32 Å². The molecule has 24 heavy (non-hydrogen) atoms. The van der Waals surface area contributed by atoms with Crippen molar-refractivity contribution in [3.63, 3.8) is 0 Å². The Kier molecular flexibility index (Phi) is 4.85. The van der Waals surface area contributed by atoms with Gasteiger partial charge in [-0.05, 0) is 42.7 Å². The third kappa shape index (κ3) is 3.76. The van der Waals surface area contributed by atoms with E-state index >= 15 is 0 Å². The fourth-order valence-electron chi connectivity index (χ4n) is 2.72. The number of urea groups is 1. The minimum Gasteiger partial charge on any atom is -0.333 e. The number of hydrogen-bond donors (Lipinski definition) is 3. The first-order valence-corrected chi connectivity index (χ1v) is 8.91. The summed E-state index contributed by atoms with van der Waals surface area (Å²) in [5, 5.41) is 8.64. The van der Waals surface area contributed by atoms with E-state index in [-0.39, 0.29) is 18.0 Å². The number of rotatable bonds is 5. The maximum absolute atomic E-state index is 12.1. The van der Waals surface area contributed by atoms with Crippen LogP contribution in [0, 0.1) is 0 Å². The van der Waals surface area contributed by atoms with Gasteiger partial charge in [-0.3, -0.25) is 4.79 Å². The molecule has 2 heterocycles. The van der Waals surface area contributed by atoms with Gasteiger partial charge in [-0.2, -0.15) is 0 Å². The second-order valence-electron chi connectivity index (χ2n) is 5.91. The quantitative estimate of drug-likeness (QED) is 0.779. The first-order valence-electron chi connectivity index (χ1n) is 8.09. The Morgan fingerprint density at radius 2 is 2.08 bits per heavy atom. The fourth-order valence-corrected chi connectivity index (χ4v) is 3.62. The Morgan fingerprint density at radius 3 is 2.83 bits per heavy atom. The summed E-state index contributed by atoms with van der Waals surface area (Å²) in [6, 6.07) is 9.64. The predicted octanol–water partition coefficient (Wildman–Crippen LogP) is 3.37. The zero-order valence-electron chi connectivity index (χ0n) is 13.8. The molecule has 2 aromatic rings. The predicted molar refractivity (Wildman–Crippen MR) is 96.3 cm³/mol. The molecule has 1 aliphatic rings. The number of anilines is 1. The number of aryl methyl sites for hydroxylation is 1. The molecular formula is C18H21N3O2S. The largest absolute Gasteiger partial charge is 0.333 e. The Morgan fingerprint density at radius 1 is 1.29 bits per heavy atom. The summed E-state index contributed by atoms with van der Waals surface area (Å²) < 4.78 is 0. The molecule has 3 rings (SSSR count). The van der Waals surface area contributed by atoms with E-state index in [9.17, 15) is 9.59 Å². The monoisotopic (exact) mass is 343 g/mol. The second-order valence-corrected chi connectivity index (χ2v) is 7.16. The molecule has 126 valence electrons. The van der Waals surface area contributed by atoms with E-state index < -0.39 is 0 Å². The van der Waals surface area contributed by atoms with E-state index in [0.717, 1.165) is 28.1 Å². The van der Waals surface area contributed by atoms with Crippen molar-refractivity contribution in [1.29, 1.82) is 0 Å². The first kappa shape index (κ1) is 16.5. The number of fused-ring (bicyclic) bond motifs is 1. The average molecular weight is 343 g/mol. The molecule has 1 atom stereocenters. The van der Waals surface area contributed by atoms with Gasteiger partial charge in [0.05, 0.1) is 19.0 Å². The number of carbonyl (C=O) groups excluding carboxylic acids is 2. The Labute approximate surface area is 145 Å². The van der Waals surface area contributed by atoms with Crippen LogP contribution < -0.4 is 16.0 Å². The third-order valence-electron chi connectivity index (χ3n) is 4.09. The molecule has 1 aromatic carbocycles. The maximum atomic E-state index is 12.1. The summed E-state index contributed by atoms with van der Waals surface area (Å²) >= 11 is 1.72. The number of amides is 3. The van der Waals surface area contributed by atoms with Gasteiger partial charge in [0.15, 0.2) is 0 Å². The average Bonchev–Trinajstić information content (AvgIpc) is 3.16. The number of thiophene rings is 1. The molecule has 0 aliphatic carbocycles. The van der Waals surface area contributed by atoms with Crippen molar-refractivity contribution < 1.29 is 9.59 Å². The normalized spacial score (nSPS) is 14.0. The molecule has 0 unspecified atom stereocenters. The van der Waals surface area contributed by atoms with Gasteiger partial charge in [0.2, 0.25) is 5.91 Å². The van der Waals surface area contributed by atoms with Gasteiger partial charge < -0.3 is 16.0 Å². The van der Waals surface area contributed by atoms with Gasteiger partial charge in [-0.25, -0.2) is 4.79 Å². The minimum atomic E-state index is -0.191. The van der Waals surface area contributed by atoms with Gasteiger partial charge in [-0.1, -0.05) is 19.1 Å². The number of carbonyl (C=O) groups is 2. The molecule has 1 aliphatic heterocycles. The molecular weight excluding hydrogens is 322 g/mol. The van der Waals surface area contributed by atoms with E-state index in [4.69, 9.17) is 0 Å². The lowest BCUT2D eigenvalue weighted by molar-refractivity contribution is -0.115. The highest BCUT2D eigenvalue weighted by atomic mass is 32.1. The molecule has 3 amide bonds. The SMILES string of the molecule is CCc1ccc(CNC(=O)N[C@@H](C)c2ccc3c(c2)CC(=O)N3)s1. The van der Waals surface area contributed by atoms with Crippen molar-refractivity contribution in [1.82, 2.24) is 10.6 Å². The molecule has 0 bridgehead atoms. The van der Waals surface area contributed by atoms with Crippen molar-refractivity contribution in [3.8, 4) is 0 Å². The first-order chi connectivity index (χ1) is 11.5. The molecule has 0 saturated carbocycles. The lowest BCUT2D eigenvalue weighted by Gasteiger charge is -2.15. The summed E-state index contributed by atoms with van der Waals surface area (Å²) in [6.45, 7) is 4.59. The molecule has 0 spiro atoms. The van der Waals surface area contributed by atoms with E-state index in [2.05, 4.69) is 35.0 Å². The molecule has 1 aromatic heterocycles. The van der Waals surface area contributed by atoms with Crippen LogP contribution in [0.2, 0.25) is 0 Å². The Bertz CT molecular complexity index is 769. The Balaban J connectivity index is 1.54. The van der Waals surface area contributed by atoms with Gasteiger partial charge in [0, 0.05) is 15.4 Å². The van der Waals surface area contributed by atoms with Crippen molar-refractivity contribution in [2.24, 2.45) is 0 Å². The second kappa shape index (κ2) is 7.05. The fraction of sp³-hybridized carbons (Fsp3) is 0.333. The van der Waals surface area contributed by atoms with Gasteiger partial charge >= 0.3 is 6.03 Å². The van der Waals surface area contributed by atoms with Crippen LogP contribution in [0.3, 0.4) is 0 Å². The molecule has 6 heteroatoms. The highest BCUT2D eigenvalue weighted by Gasteiger charge is 2.19. The van der Waals surface area contributed by atoms with Gasteiger partial charge in [0.25, 0.3) is 0 Å². The van der Waals surface area contributed by atoms with Gasteiger partial charge in [0.1, 0.15) is 0 Å². The standard InChI is InChI=1S/C18H21N3O2S/c1-3-14-5-6-15(24-14)10-19-18(23)20-11(2)12-4-7-16-13(8-12)9-17(22)21-16/h4-8,11H,3,9-10H2,1-2H3,(H,21,22)(H2,19,20,23)/t11-/m0/s1. The van der Waals surface area contributed by atoms with E-state index in [1.807, 2.05) is 25.1 Å². The summed E-state index contributed by atoms with van der Waals surface area (Å²) in [7, 11) is 0. The smallest absolute Gasteiger partial charge is 0.315 e. The number of hydrogen-bond acceptors (Lipinski definition) is 3. The van der Waals surface area contributed by atoms with Crippen LogP contribution in [-0.4, -0.2) is 11.9 Å². The van der Waals surface area contributed by atoms with Gasteiger partial charge in [-0.15, -0.1) is 11.3 Å². The summed E-state index contributed by atoms with van der Waals surface area (Å²) in [4.78, 5) is 26.0. The van der Waals surface area contributed by atoms with Crippen molar-refractivity contribution in [2.45, 2.75) is 39.3 Å². The minimum absolute atomic E-state index is 0.0166. The van der Waals surface area contributed by atoms with E-state index in [0.29, 0.717) is 13.0 Å². The summed E-state index contributed by atoms with van der Waals surface area (Å²) in [6.07, 6.45) is 1.42. The number of benzene rings is 1. The van der Waals surface area contributed by atoms with Crippen LogP contribution in [0.1, 0.15) is 40.8 Å². The highest BCUT2D eigenvalue weighted by Crippen LogP contribution is 2.26. The van der Waals surface area contributed by atoms with Crippen LogP contribution in [0.25, 0.3) is 0 Å². The van der Waals surface area contributed by atoms with Crippen LogP contribution in [0.15, 0.2) is 30.3 Å². The third-order valence-corrected chi connectivity index (χ3v) is 5.32. The van der Waals surface area contributed by atoms with Crippen LogP contribution in [0.5, 0.6) is 0 Å². The lowest BCUT2D eigenvalue weighted by Crippen LogP contribution is -2.36. The summed E-state index contributed by atoms with van der Waals surface area (Å²) in [5.74, 6) is 0.0166. The van der Waals surface area contributed by atoms with Crippen LogP contribution in [0.4, 0.5) is 10.5 Å². The molecule has 0 saturated heterocycles. The lowest BCUT2D eigenvalue weighted by atomic mass is 10.0. The topological polar surface area (TPSA) is 70.2 Å². The van der Waals surface area contributed by atoms with Crippen molar-refractivity contribution in [3.05, 3.63) is 51.2 Å². The zero-order chi connectivity index (χ0) is 17.1. The zero-order valence-corrected chi connectivity index (χ0v) is 14.6. The Hall–Kier alpha value is -2.34. The molecule has 5 nitrogen and oxygen atoms in total. The van der Waals surface area contributed by atoms with E-state index in [1.54, 1.807) is 11.3 Å². The van der Waals surface area contributed by atoms with E-state index in [1.165, 1.54) is 4.88 Å². The molecule has 0 fully saturated rings. The number of nitrogens with one attached hydrogen (secondary N) is 3. The van der Waals surface area contributed by atoms with Crippen LogP contribution >= 0.6 is 11.3 Å². The molecule has 0 radical (unpaired) electrons. The molecule has 3 N–H and O–H groups in total. The van der Waals surface area contributed by atoms with Crippen LogP contribution in [-0.2, 0) is 24.2 Å². The van der Waals surface area contributed by atoms with Crippen molar-refractivity contribution >= 4 is 29.0 Å². The highest BCUT2D eigenvalue weighted by molar-refractivity contribution is 7.11.